The van der Waals surface area contributed by atoms with Crippen molar-refractivity contribution in [3.05, 3.63) is 53.5 Å². The van der Waals surface area contributed by atoms with E-state index in [9.17, 15) is 13.2 Å². The fraction of sp³-hybridized carbons (Fsp3) is 0.500. The van der Waals surface area contributed by atoms with Gasteiger partial charge in [-0.2, -0.15) is 0 Å². The van der Waals surface area contributed by atoms with Crippen molar-refractivity contribution in [2.24, 2.45) is 0 Å². The summed E-state index contributed by atoms with van der Waals surface area (Å²) in [4.78, 5) is 12.6. The smallest absolute Gasteiger partial charge is 0.251 e. The van der Waals surface area contributed by atoms with Crippen LogP contribution in [0.25, 0.3) is 0 Å². The Morgan fingerprint density at radius 1 is 1.20 bits per heavy atom. The molecule has 1 heterocycles. The minimum Gasteiger partial charge on any atom is -0.468 e. The van der Waals surface area contributed by atoms with E-state index in [1.54, 1.807) is 25.1 Å². The van der Waals surface area contributed by atoms with Crippen LogP contribution in [0.1, 0.15) is 60.2 Å². The number of benzene rings is 1. The SMILES string of the molecule is Cc1ccc(S(=O)(=O)NCc2ccco2)cc1C(=O)NCCCOC1CCCCC1. The first-order valence-electron chi connectivity index (χ1n) is 10.5. The largest absolute Gasteiger partial charge is 0.468 e. The van der Waals surface area contributed by atoms with Gasteiger partial charge in [0.15, 0.2) is 0 Å². The van der Waals surface area contributed by atoms with Gasteiger partial charge in [-0.15, -0.1) is 0 Å². The normalized spacial score (nSPS) is 15.2. The van der Waals surface area contributed by atoms with Gasteiger partial charge >= 0.3 is 0 Å². The van der Waals surface area contributed by atoms with E-state index >= 15 is 0 Å². The third-order valence-corrected chi connectivity index (χ3v) is 6.69. The lowest BCUT2D eigenvalue weighted by Crippen LogP contribution is -2.28. The second-order valence-corrected chi connectivity index (χ2v) is 9.39. The summed E-state index contributed by atoms with van der Waals surface area (Å²) in [6, 6.07) is 7.93. The Labute approximate surface area is 178 Å². The maximum atomic E-state index is 12.6. The van der Waals surface area contributed by atoms with Crippen LogP contribution in [0.2, 0.25) is 0 Å². The highest BCUT2D eigenvalue weighted by atomic mass is 32.2. The molecule has 2 aromatic rings. The minimum atomic E-state index is -3.76. The zero-order chi connectivity index (χ0) is 21.4. The molecule has 1 aromatic carbocycles. The molecule has 2 N–H and O–H groups in total. The molecule has 0 unspecified atom stereocenters. The molecular formula is C22H30N2O5S. The second-order valence-electron chi connectivity index (χ2n) is 7.62. The van der Waals surface area contributed by atoms with E-state index in [-0.39, 0.29) is 17.3 Å². The summed E-state index contributed by atoms with van der Waals surface area (Å²) >= 11 is 0. The number of carbonyl (C=O) groups excluding carboxylic acids is 1. The maximum absolute atomic E-state index is 12.6. The van der Waals surface area contributed by atoms with E-state index in [0.717, 1.165) is 24.8 Å². The summed E-state index contributed by atoms with van der Waals surface area (Å²) in [7, 11) is -3.76. The van der Waals surface area contributed by atoms with Crippen LogP contribution in [-0.2, 0) is 21.3 Å². The Balaban J connectivity index is 1.51. The van der Waals surface area contributed by atoms with E-state index in [1.165, 1.54) is 37.7 Å². The van der Waals surface area contributed by atoms with Gasteiger partial charge in [0.05, 0.1) is 23.8 Å². The predicted molar refractivity (Wildman–Crippen MR) is 114 cm³/mol. The predicted octanol–water partition coefficient (Wildman–Crippen LogP) is 3.54. The van der Waals surface area contributed by atoms with Crippen LogP contribution >= 0.6 is 0 Å². The zero-order valence-corrected chi connectivity index (χ0v) is 18.2. The molecule has 1 aliphatic carbocycles. The van der Waals surface area contributed by atoms with Crippen molar-refractivity contribution < 1.29 is 22.4 Å². The first kappa shape index (κ1) is 22.5. The molecular weight excluding hydrogens is 404 g/mol. The second kappa shape index (κ2) is 10.7. The van der Waals surface area contributed by atoms with Gasteiger partial charge in [0.1, 0.15) is 5.76 Å². The van der Waals surface area contributed by atoms with Crippen molar-refractivity contribution in [2.45, 2.75) is 63.0 Å². The molecule has 7 nitrogen and oxygen atoms in total. The summed E-state index contributed by atoms with van der Waals surface area (Å²) < 4.78 is 38.6. The lowest BCUT2D eigenvalue weighted by Gasteiger charge is -2.21. The van der Waals surface area contributed by atoms with E-state index in [0.29, 0.717) is 30.6 Å². The van der Waals surface area contributed by atoms with Crippen LogP contribution in [-0.4, -0.2) is 33.6 Å². The van der Waals surface area contributed by atoms with Crippen molar-refractivity contribution in [3.63, 3.8) is 0 Å². The molecule has 0 spiro atoms. The Morgan fingerprint density at radius 2 is 2.00 bits per heavy atom. The standard InChI is InChI=1S/C22H30N2O5S/c1-17-10-11-20(30(26,27)24-16-19-9-5-13-29-19)15-21(17)22(25)23-12-6-14-28-18-7-3-2-4-8-18/h5,9-11,13,15,18,24H,2-4,6-8,12,14,16H2,1H3,(H,23,25). The highest BCUT2D eigenvalue weighted by Gasteiger charge is 2.18. The molecule has 30 heavy (non-hydrogen) atoms. The average molecular weight is 435 g/mol. The summed E-state index contributed by atoms with van der Waals surface area (Å²) in [5, 5.41) is 2.86. The maximum Gasteiger partial charge on any atom is 0.251 e. The Kier molecular flexibility index (Phi) is 8.07. The number of amides is 1. The molecule has 0 atom stereocenters. The van der Waals surface area contributed by atoms with E-state index in [4.69, 9.17) is 9.15 Å². The number of nitrogens with one attached hydrogen (secondary N) is 2. The molecule has 0 bridgehead atoms. The number of aryl methyl sites for hydroxylation is 1. The molecule has 1 fully saturated rings. The summed E-state index contributed by atoms with van der Waals surface area (Å²) in [5.74, 6) is 0.229. The van der Waals surface area contributed by atoms with Gasteiger partial charge in [-0.25, -0.2) is 13.1 Å². The Bertz CT molecular complexity index is 919. The topological polar surface area (TPSA) is 97.6 Å². The van der Waals surface area contributed by atoms with Crippen LogP contribution in [0.15, 0.2) is 45.9 Å². The number of hydrogen-bond acceptors (Lipinski definition) is 5. The van der Waals surface area contributed by atoms with E-state index in [2.05, 4.69) is 10.0 Å². The van der Waals surface area contributed by atoms with Gasteiger partial charge in [-0.1, -0.05) is 25.3 Å². The monoisotopic (exact) mass is 434 g/mol. The molecule has 0 saturated heterocycles. The quantitative estimate of drug-likeness (QED) is 0.558. The van der Waals surface area contributed by atoms with Gasteiger partial charge in [0.25, 0.3) is 5.91 Å². The minimum absolute atomic E-state index is 0.0467. The first-order chi connectivity index (χ1) is 14.5. The first-order valence-corrected chi connectivity index (χ1v) is 12.0. The van der Waals surface area contributed by atoms with Crippen molar-refractivity contribution in [1.82, 2.24) is 10.0 Å². The van der Waals surface area contributed by atoms with Gasteiger partial charge in [0.2, 0.25) is 10.0 Å². The number of rotatable bonds is 10. The highest BCUT2D eigenvalue weighted by molar-refractivity contribution is 7.89. The summed E-state index contributed by atoms with van der Waals surface area (Å²) in [6.07, 6.45) is 8.57. The molecule has 1 aromatic heterocycles. The fourth-order valence-corrected chi connectivity index (χ4v) is 4.55. The molecule has 0 aliphatic heterocycles. The number of sulfonamides is 1. The lowest BCUT2D eigenvalue weighted by atomic mass is 9.98. The number of hydrogen-bond donors (Lipinski definition) is 2. The number of furan rings is 1. The van der Waals surface area contributed by atoms with Crippen molar-refractivity contribution in [1.29, 1.82) is 0 Å². The highest BCUT2D eigenvalue weighted by Crippen LogP contribution is 2.20. The molecule has 1 aliphatic rings. The van der Waals surface area contributed by atoms with Crippen molar-refractivity contribution in [3.8, 4) is 0 Å². The van der Waals surface area contributed by atoms with Gasteiger partial charge < -0.3 is 14.5 Å². The molecule has 1 amide bonds. The van der Waals surface area contributed by atoms with E-state index in [1.807, 2.05) is 0 Å². The van der Waals surface area contributed by atoms with Gasteiger partial charge in [0, 0.05) is 18.7 Å². The number of ether oxygens (including phenoxy) is 1. The lowest BCUT2D eigenvalue weighted by molar-refractivity contribution is 0.0273. The summed E-state index contributed by atoms with van der Waals surface area (Å²) in [6.45, 7) is 2.94. The zero-order valence-electron chi connectivity index (χ0n) is 17.4. The van der Waals surface area contributed by atoms with Crippen molar-refractivity contribution >= 4 is 15.9 Å². The van der Waals surface area contributed by atoms with Crippen LogP contribution in [0.3, 0.4) is 0 Å². The summed E-state index contributed by atoms with van der Waals surface area (Å²) in [5.41, 5.74) is 1.07. The van der Waals surface area contributed by atoms with Gasteiger partial charge in [-0.05, 0) is 56.0 Å². The third-order valence-electron chi connectivity index (χ3n) is 5.29. The van der Waals surface area contributed by atoms with Crippen molar-refractivity contribution in [2.75, 3.05) is 13.2 Å². The number of carbonyl (C=O) groups is 1. The fourth-order valence-electron chi connectivity index (χ4n) is 3.53. The van der Waals surface area contributed by atoms with Crippen LogP contribution < -0.4 is 10.0 Å². The Morgan fingerprint density at radius 3 is 2.73 bits per heavy atom. The van der Waals surface area contributed by atoms with Gasteiger partial charge in [-0.3, -0.25) is 4.79 Å². The van der Waals surface area contributed by atoms with Crippen LogP contribution in [0, 0.1) is 6.92 Å². The molecule has 8 heteroatoms. The molecule has 3 rings (SSSR count). The molecule has 0 radical (unpaired) electrons. The van der Waals surface area contributed by atoms with E-state index < -0.39 is 10.0 Å². The third kappa shape index (κ3) is 6.42. The Hall–Kier alpha value is -2.16. The molecule has 1 saturated carbocycles. The van der Waals surface area contributed by atoms with Crippen LogP contribution in [0.5, 0.6) is 0 Å². The van der Waals surface area contributed by atoms with Crippen LogP contribution in [0.4, 0.5) is 0 Å². The average Bonchev–Trinajstić information content (AvgIpc) is 3.27. The molecule has 164 valence electrons.